The average Bonchev–Trinajstić information content (AvgIpc) is 2.42. The summed E-state index contributed by atoms with van der Waals surface area (Å²) in [5, 5.41) is 0. The summed E-state index contributed by atoms with van der Waals surface area (Å²) in [5.74, 6) is 0. The SMILES string of the molecule is C=C[Si](CCC)(CCC)CCC=NCCCCCC. The molecule has 0 unspecified atom stereocenters. The zero-order chi connectivity index (χ0) is 14.4. The van der Waals surface area contributed by atoms with Crippen LogP contribution in [0.3, 0.4) is 0 Å². The summed E-state index contributed by atoms with van der Waals surface area (Å²) in [7, 11) is -1.18. The molecule has 0 aromatic carbocycles. The summed E-state index contributed by atoms with van der Waals surface area (Å²) < 4.78 is 0. The van der Waals surface area contributed by atoms with Gasteiger partial charge in [0.05, 0.1) is 8.07 Å². The van der Waals surface area contributed by atoms with E-state index in [2.05, 4.69) is 44.3 Å². The minimum atomic E-state index is -1.18. The van der Waals surface area contributed by atoms with Crippen LogP contribution in [0.4, 0.5) is 0 Å². The summed E-state index contributed by atoms with van der Waals surface area (Å²) >= 11 is 0. The quantitative estimate of drug-likeness (QED) is 0.222. The largest absolute Gasteiger partial charge is 0.298 e. The Balaban J connectivity index is 3.91. The number of nitrogens with zero attached hydrogens (tertiary/aromatic N) is 1. The molecule has 0 rings (SSSR count). The van der Waals surface area contributed by atoms with Crippen LogP contribution in [0, 0.1) is 0 Å². The Hall–Kier alpha value is -0.373. The van der Waals surface area contributed by atoms with Gasteiger partial charge in [0.25, 0.3) is 0 Å². The molecule has 2 heteroatoms. The Morgan fingerprint density at radius 1 is 0.895 bits per heavy atom. The van der Waals surface area contributed by atoms with E-state index in [1.807, 2.05) is 0 Å². The molecule has 0 atom stereocenters. The van der Waals surface area contributed by atoms with E-state index in [-0.39, 0.29) is 0 Å². The Kier molecular flexibility index (Phi) is 12.4. The lowest BCUT2D eigenvalue weighted by Gasteiger charge is -2.27. The van der Waals surface area contributed by atoms with E-state index >= 15 is 0 Å². The summed E-state index contributed by atoms with van der Waals surface area (Å²) in [6, 6.07) is 4.18. The third-order valence-electron chi connectivity index (χ3n) is 3.97. The van der Waals surface area contributed by atoms with Gasteiger partial charge in [0, 0.05) is 6.54 Å². The molecule has 19 heavy (non-hydrogen) atoms. The van der Waals surface area contributed by atoms with Crippen molar-refractivity contribution in [3.63, 3.8) is 0 Å². The molecule has 0 heterocycles. The minimum Gasteiger partial charge on any atom is -0.298 e. The van der Waals surface area contributed by atoms with E-state index in [4.69, 9.17) is 0 Å². The number of hydrogen-bond donors (Lipinski definition) is 0. The lowest BCUT2D eigenvalue weighted by Crippen LogP contribution is -2.31. The van der Waals surface area contributed by atoms with Crippen molar-refractivity contribution in [2.75, 3.05) is 6.54 Å². The minimum absolute atomic E-state index is 1.03. The van der Waals surface area contributed by atoms with Crippen molar-refractivity contribution < 1.29 is 0 Å². The molecular weight excluding hydrogens is 246 g/mol. The molecule has 0 saturated heterocycles. The Morgan fingerprint density at radius 3 is 2.11 bits per heavy atom. The molecular formula is C17H35NSi. The molecule has 0 fully saturated rings. The highest BCUT2D eigenvalue weighted by Crippen LogP contribution is 2.26. The van der Waals surface area contributed by atoms with Crippen LogP contribution in [0.2, 0.25) is 18.1 Å². The monoisotopic (exact) mass is 281 g/mol. The molecule has 0 saturated carbocycles. The molecule has 0 aliphatic carbocycles. The Bertz CT molecular complexity index is 229. The van der Waals surface area contributed by atoms with Crippen molar-refractivity contribution >= 4 is 14.3 Å². The second kappa shape index (κ2) is 12.7. The summed E-state index contributed by atoms with van der Waals surface area (Å²) in [5.41, 5.74) is 2.34. The van der Waals surface area contributed by atoms with Gasteiger partial charge in [0.2, 0.25) is 0 Å². The van der Waals surface area contributed by atoms with Crippen LogP contribution in [0.15, 0.2) is 17.3 Å². The lowest BCUT2D eigenvalue weighted by molar-refractivity contribution is 0.675. The fraction of sp³-hybridized carbons (Fsp3) is 0.824. The molecule has 0 aromatic rings. The van der Waals surface area contributed by atoms with E-state index in [0.29, 0.717) is 0 Å². The molecule has 0 spiro atoms. The van der Waals surface area contributed by atoms with Gasteiger partial charge in [-0.1, -0.05) is 65.0 Å². The van der Waals surface area contributed by atoms with E-state index in [0.717, 1.165) is 6.54 Å². The van der Waals surface area contributed by atoms with Crippen molar-refractivity contribution in [2.45, 2.75) is 83.8 Å². The first-order chi connectivity index (χ1) is 9.24. The molecule has 0 radical (unpaired) electrons. The van der Waals surface area contributed by atoms with Crippen molar-refractivity contribution in [2.24, 2.45) is 4.99 Å². The Labute approximate surface area is 122 Å². The van der Waals surface area contributed by atoms with Crippen molar-refractivity contribution in [3.8, 4) is 0 Å². The number of aliphatic imine (C=N–C) groups is 1. The summed E-state index contributed by atoms with van der Waals surface area (Å²) in [4.78, 5) is 4.56. The highest BCUT2D eigenvalue weighted by molar-refractivity contribution is 6.84. The summed E-state index contributed by atoms with van der Waals surface area (Å²) in [6.45, 7) is 12.0. The summed E-state index contributed by atoms with van der Waals surface area (Å²) in [6.07, 6.45) is 11.2. The van der Waals surface area contributed by atoms with E-state index in [1.54, 1.807) is 0 Å². The van der Waals surface area contributed by atoms with Crippen molar-refractivity contribution in [1.82, 2.24) is 0 Å². The second-order valence-electron chi connectivity index (χ2n) is 5.75. The van der Waals surface area contributed by atoms with Crippen molar-refractivity contribution in [1.29, 1.82) is 0 Å². The fourth-order valence-corrected chi connectivity index (χ4v) is 6.90. The topological polar surface area (TPSA) is 12.4 Å². The van der Waals surface area contributed by atoms with E-state index in [1.165, 1.54) is 63.1 Å². The molecule has 0 amide bonds. The van der Waals surface area contributed by atoms with Gasteiger partial charge in [-0.2, -0.15) is 0 Å². The first-order valence-corrected chi connectivity index (χ1v) is 11.1. The molecule has 0 aliphatic rings. The Morgan fingerprint density at radius 2 is 1.58 bits per heavy atom. The first-order valence-electron chi connectivity index (χ1n) is 8.36. The van der Waals surface area contributed by atoms with Crippen LogP contribution in [-0.4, -0.2) is 20.8 Å². The van der Waals surface area contributed by atoms with Crippen LogP contribution in [-0.2, 0) is 0 Å². The van der Waals surface area contributed by atoms with Crippen LogP contribution in [0.1, 0.15) is 65.7 Å². The van der Waals surface area contributed by atoms with Crippen LogP contribution in [0.25, 0.3) is 0 Å². The maximum Gasteiger partial charge on any atom is 0.0773 e. The van der Waals surface area contributed by atoms with Gasteiger partial charge in [-0.15, -0.1) is 12.3 Å². The van der Waals surface area contributed by atoms with Gasteiger partial charge in [0.1, 0.15) is 0 Å². The van der Waals surface area contributed by atoms with Crippen LogP contribution >= 0.6 is 0 Å². The highest BCUT2D eigenvalue weighted by atomic mass is 28.3. The van der Waals surface area contributed by atoms with E-state index in [9.17, 15) is 0 Å². The second-order valence-corrected chi connectivity index (χ2v) is 10.4. The van der Waals surface area contributed by atoms with Gasteiger partial charge in [-0.05, 0) is 25.1 Å². The molecule has 1 nitrogen and oxygen atoms in total. The number of hydrogen-bond acceptors (Lipinski definition) is 1. The molecule has 0 N–H and O–H groups in total. The van der Waals surface area contributed by atoms with Gasteiger partial charge in [0.15, 0.2) is 0 Å². The maximum absolute atomic E-state index is 4.56. The molecule has 0 aromatic heterocycles. The zero-order valence-electron chi connectivity index (χ0n) is 13.6. The number of rotatable bonds is 13. The van der Waals surface area contributed by atoms with Crippen LogP contribution in [0.5, 0.6) is 0 Å². The predicted molar refractivity (Wildman–Crippen MR) is 93.1 cm³/mol. The van der Waals surface area contributed by atoms with Gasteiger partial charge in [-0.3, -0.25) is 4.99 Å². The predicted octanol–water partition coefficient (Wildman–Crippen LogP) is 6.02. The zero-order valence-corrected chi connectivity index (χ0v) is 14.6. The third-order valence-corrected chi connectivity index (χ3v) is 9.11. The smallest absolute Gasteiger partial charge is 0.0773 e. The number of unbranched alkanes of at least 4 members (excludes halogenated alkanes) is 3. The third kappa shape index (κ3) is 9.20. The van der Waals surface area contributed by atoms with Gasteiger partial charge >= 0.3 is 0 Å². The van der Waals surface area contributed by atoms with E-state index < -0.39 is 8.07 Å². The highest BCUT2D eigenvalue weighted by Gasteiger charge is 2.26. The fourth-order valence-electron chi connectivity index (χ4n) is 2.84. The van der Waals surface area contributed by atoms with Crippen LogP contribution < -0.4 is 0 Å². The molecule has 0 bridgehead atoms. The molecule has 0 aliphatic heterocycles. The maximum atomic E-state index is 4.56. The van der Waals surface area contributed by atoms with Crippen molar-refractivity contribution in [3.05, 3.63) is 12.3 Å². The average molecular weight is 282 g/mol. The van der Waals surface area contributed by atoms with Gasteiger partial charge in [-0.25, -0.2) is 0 Å². The molecule has 112 valence electrons. The first kappa shape index (κ1) is 18.6. The van der Waals surface area contributed by atoms with Gasteiger partial charge < -0.3 is 0 Å². The standard InChI is InChI=1S/C17H35NSi/c1-5-9-10-11-13-18-14-12-17-19(8-4,15-6-2)16-7-3/h8,14H,4-7,9-13,15-17H2,1-3H3. The normalized spacial score (nSPS) is 12.2. The lowest BCUT2D eigenvalue weighted by atomic mass is 10.2.